The zero-order valence-corrected chi connectivity index (χ0v) is 17.9. The van der Waals surface area contributed by atoms with Crippen LogP contribution in [0.4, 0.5) is 0 Å². The van der Waals surface area contributed by atoms with Gasteiger partial charge in [0.1, 0.15) is 22.9 Å². The molecule has 0 fully saturated rings. The largest absolute Gasteiger partial charge is 0.489 e. The van der Waals surface area contributed by atoms with Crippen LogP contribution in [0.15, 0.2) is 46.1 Å². The third kappa shape index (κ3) is 5.44. The molecule has 0 aromatic carbocycles. The highest BCUT2D eigenvalue weighted by Gasteiger charge is 2.40. The van der Waals surface area contributed by atoms with E-state index in [0.29, 0.717) is 18.1 Å². The van der Waals surface area contributed by atoms with E-state index >= 15 is 0 Å². The molecule has 1 N–H and O–H groups in total. The van der Waals surface area contributed by atoms with Crippen LogP contribution in [0.2, 0.25) is 0 Å². The average Bonchev–Trinajstić information content (AvgIpc) is 3.08. The van der Waals surface area contributed by atoms with Crippen molar-refractivity contribution in [3.63, 3.8) is 0 Å². The Morgan fingerprint density at radius 3 is 2.93 bits per heavy atom. The maximum Gasteiger partial charge on any atom is 0.249 e. The Kier molecular flexibility index (Phi) is 7.80. The average molecular weight is 404 g/mol. The lowest BCUT2D eigenvalue weighted by atomic mass is 9.92. The predicted molar refractivity (Wildman–Crippen MR) is 116 cm³/mol. The number of allylic oxidation sites excluding steroid dienone is 2. The lowest BCUT2D eigenvalue weighted by Gasteiger charge is -2.27. The van der Waals surface area contributed by atoms with Crippen LogP contribution in [0, 0.1) is 0 Å². The molecule has 0 saturated heterocycles. The number of nitrogens with zero attached hydrogens (tertiary/aromatic N) is 2. The highest BCUT2D eigenvalue weighted by Crippen LogP contribution is 2.30. The summed E-state index contributed by atoms with van der Waals surface area (Å²) >= 11 is 1.55. The molecule has 7 heteroatoms. The van der Waals surface area contributed by atoms with Gasteiger partial charge in [-0.2, -0.15) is 0 Å². The van der Waals surface area contributed by atoms with Crippen molar-refractivity contribution < 1.29 is 14.3 Å². The zero-order chi connectivity index (χ0) is 20.7. The second-order valence-corrected chi connectivity index (χ2v) is 8.08. The molecule has 0 saturated carbocycles. The molecule has 0 spiro atoms. The Bertz CT molecular complexity index is 767. The molecule has 1 amide bonds. The second-order valence-electron chi connectivity index (χ2n) is 7.11. The third-order valence-corrected chi connectivity index (χ3v) is 6.05. The first kappa shape index (κ1) is 22.1. The Labute approximate surface area is 171 Å². The maximum absolute atomic E-state index is 13.0. The van der Waals surface area contributed by atoms with E-state index in [4.69, 9.17) is 4.74 Å². The molecular formula is C21H29N3O3S. The van der Waals surface area contributed by atoms with E-state index in [1.165, 1.54) is 6.08 Å². The van der Waals surface area contributed by atoms with Gasteiger partial charge in [-0.1, -0.05) is 26.0 Å². The SMILES string of the molecule is C=CCOC1=CC(=O)CC([C@@H](CCC)NC(=O)C2(C)CSC(C(C)=NC)=N2)=C1. The molecule has 1 heterocycles. The highest BCUT2D eigenvalue weighted by atomic mass is 32.2. The molecule has 0 radical (unpaired) electrons. The quantitative estimate of drug-likeness (QED) is 0.473. The molecule has 0 aromatic heterocycles. The van der Waals surface area contributed by atoms with Gasteiger partial charge in [-0.25, -0.2) is 0 Å². The Morgan fingerprint density at radius 1 is 1.54 bits per heavy atom. The minimum atomic E-state index is -0.838. The van der Waals surface area contributed by atoms with Crippen LogP contribution < -0.4 is 5.32 Å². The molecule has 1 aliphatic heterocycles. The van der Waals surface area contributed by atoms with Gasteiger partial charge >= 0.3 is 0 Å². The topological polar surface area (TPSA) is 80.1 Å². The van der Waals surface area contributed by atoms with Crippen molar-refractivity contribution in [1.82, 2.24) is 5.32 Å². The first-order valence-electron chi connectivity index (χ1n) is 9.49. The van der Waals surface area contributed by atoms with E-state index in [1.807, 2.05) is 19.9 Å². The van der Waals surface area contributed by atoms with Crippen LogP contribution in [0.25, 0.3) is 0 Å². The number of thioether (sulfide) groups is 1. The minimum absolute atomic E-state index is 0.0235. The molecule has 6 nitrogen and oxygen atoms in total. The molecule has 1 aliphatic carbocycles. The van der Waals surface area contributed by atoms with Crippen molar-refractivity contribution >= 4 is 34.2 Å². The van der Waals surface area contributed by atoms with Gasteiger partial charge in [0, 0.05) is 25.3 Å². The van der Waals surface area contributed by atoms with Crippen molar-refractivity contribution in [3.8, 4) is 0 Å². The Hall–Kier alpha value is -2.15. The molecule has 2 aliphatic rings. The molecule has 1 unspecified atom stereocenters. The summed E-state index contributed by atoms with van der Waals surface area (Å²) in [5, 5.41) is 3.93. The van der Waals surface area contributed by atoms with Crippen LogP contribution in [-0.2, 0) is 14.3 Å². The number of ketones is 1. The number of nitrogens with one attached hydrogen (secondary N) is 1. The summed E-state index contributed by atoms with van der Waals surface area (Å²) < 4.78 is 5.53. The van der Waals surface area contributed by atoms with Gasteiger partial charge in [-0.05, 0) is 31.9 Å². The van der Waals surface area contributed by atoms with Crippen LogP contribution in [-0.4, -0.2) is 53.4 Å². The van der Waals surface area contributed by atoms with Crippen molar-refractivity contribution in [2.24, 2.45) is 9.98 Å². The first-order chi connectivity index (χ1) is 13.3. The van der Waals surface area contributed by atoms with Gasteiger partial charge in [-0.3, -0.25) is 19.6 Å². The predicted octanol–water partition coefficient (Wildman–Crippen LogP) is 3.25. The number of amides is 1. The van der Waals surface area contributed by atoms with E-state index in [9.17, 15) is 9.59 Å². The third-order valence-electron chi connectivity index (χ3n) is 4.68. The van der Waals surface area contributed by atoms with Crippen LogP contribution in [0.5, 0.6) is 0 Å². The number of ether oxygens (including phenoxy) is 1. The van der Waals surface area contributed by atoms with Gasteiger partial charge in [0.2, 0.25) is 5.91 Å². The number of carbonyl (C=O) groups excluding carboxylic acids is 2. The number of rotatable bonds is 9. The van der Waals surface area contributed by atoms with E-state index in [0.717, 1.165) is 29.2 Å². The zero-order valence-electron chi connectivity index (χ0n) is 17.1. The van der Waals surface area contributed by atoms with E-state index in [-0.39, 0.29) is 24.2 Å². The lowest BCUT2D eigenvalue weighted by Crippen LogP contribution is -2.48. The molecule has 2 rings (SSSR count). The molecule has 0 aromatic rings. The fraction of sp³-hybridized carbons (Fsp3) is 0.524. The van der Waals surface area contributed by atoms with Crippen LogP contribution >= 0.6 is 11.8 Å². The summed E-state index contributed by atoms with van der Waals surface area (Å²) in [5.74, 6) is 0.934. The molecule has 152 valence electrons. The van der Waals surface area contributed by atoms with Crippen LogP contribution in [0.1, 0.15) is 40.0 Å². The van der Waals surface area contributed by atoms with Crippen molar-refractivity contribution in [2.45, 2.75) is 51.6 Å². The summed E-state index contributed by atoms with van der Waals surface area (Å²) in [6.07, 6.45) is 6.90. The fourth-order valence-electron chi connectivity index (χ4n) is 3.00. The summed E-state index contributed by atoms with van der Waals surface area (Å²) in [6.45, 7) is 9.75. The first-order valence-corrected chi connectivity index (χ1v) is 10.5. The van der Waals surface area contributed by atoms with Gasteiger partial charge in [0.15, 0.2) is 5.78 Å². The van der Waals surface area contributed by atoms with Crippen molar-refractivity contribution in [1.29, 1.82) is 0 Å². The number of carbonyl (C=O) groups is 2. The normalized spacial score (nSPS) is 23.5. The van der Waals surface area contributed by atoms with Crippen molar-refractivity contribution in [2.75, 3.05) is 19.4 Å². The molecule has 0 bridgehead atoms. The molecular weight excluding hydrogens is 374 g/mol. The number of aliphatic imine (C=N–C) groups is 2. The number of hydrogen-bond donors (Lipinski definition) is 1. The second kappa shape index (κ2) is 9.87. The Morgan fingerprint density at radius 2 is 2.29 bits per heavy atom. The minimum Gasteiger partial charge on any atom is -0.489 e. The summed E-state index contributed by atoms with van der Waals surface area (Å²) in [5.41, 5.74) is 0.864. The standard InChI is InChI=1S/C21H29N3O3S/c1-6-8-18(15-10-16(25)12-17(11-15)27-9-7-2)23-20(26)21(4)13-28-19(24-21)14(3)22-5/h7,11-12,18H,2,6,8-10,13H2,1,3-5H3,(H,23,26)/t18-,21?/m1/s1. The summed E-state index contributed by atoms with van der Waals surface area (Å²) in [7, 11) is 1.72. The summed E-state index contributed by atoms with van der Waals surface area (Å²) in [4.78, 5) is 34.0. The maximum atomic E-state index is 13.0. The van der Waals surface area contributed by atoms with Gasteiger partial charge in [0.05, 0.1) is 11.8 Å². The monoisotopic (exact) mass is 403 g/mol. The van der Waals surface area contributed by atoms with Gasteiger partial charge < -0.3 is 10.1 Å². The molecule has 28 heavy (non-hydrogen) atoms. The fourth-order valence-corrected chi connectivity index (χ4v) is 4.18. The van der Waals surface area contributed by atoms with Gasteiger partial charge in [0.25, 0.3) is 0 Å². The smallest absolute Gasteiger partial charge is 0.249 e. The van der Waals surface area contributed by atoms with E-state index in [2.05, 4.69) is 28.8 Å². The van der Waals surface area contributed by atoms with E-state index < -0.39 is 5.54 Å². The van der Waals surface area contributed by atoms with Crippen molar-refractivity contribution in [3.05, 3.63) is 36.1 Å². The lowest BCUT2D eigenvalue weighted by molar-refractivity contribution is -0.125. The molecule has 2 atom stereocenters. The Balaban J connectivity index is 2.18. The van der Waals surface area contributed by atoms with E-state index in [1.54, 1.807) is 24.9 Å². The van der Waals surface area contributed by atoms with Crippen LogP contribution in [0.3, 0.4) is 0 Å². The van der Waals surface area contributed by atoms with Gasteiger partial charge in [-0.15, -0.1) is 11.8 Å². The number of hydrogen-bond acceptors (Lipinski definition) is 6. The highest BCUT2D eigenvalue weighted by molar-refractivity contribution is 8.16. The summed E-state index contributed by atoms with van der Waals surface area (Å²) in [6, 6.07) is -0.223.